The number of ether oxygens (including phenoxy) is 1. The molecule has 0 saturated carbocycles. The van der Waals surface area contributed by atoms with Crippen LogP contribution in [0.2, 0.25) is 5.02 Å². The average Bonchev–Trinajstić information content (AvgIpc) is 2.73. The second kappa shape index (κ2) is 5.52. The molecule has 1 aliphatic rings. The fourth-order valence-electron chi connectivity index (χ4n) is 2.03. The number of nitrogens with one attached hydrogen (secondary N) is 1. The Morgan fingerprint density at radius 2 is 2.18 bits per heavy atom. The first kappa shape index (κ1) is 12.4. The zero-order valence-electron chi connectivity index (χ0n) is 9.78. The van der Waals surface area contributed by atoms with Gasteiger partial charge in [0.2, 0.25) is 0 Å². The van der Waals surface area contributed by atoms with Crippen molar-refractivity contribution in [1.29, 1.82) is 0 Å². The molecular weight excluding hydrogens is 238 g/mol. The molecule has 1 aromatic carbocycles. The molecule has 4 heteroatoms. The lowest BCUT2D eigenvalue weighted by Crippen LogP contribution is -2.35. The van der Waals surface area contributed by atoms with Crippen molar-refractivity contribution in [3.05, 3.63) is 34.9 Å². The normalized spacial score (nSPS) is 21.3. The minimum Gasteiger partial charge on any atom is -0.464 e. The number of rotatable bonds is 4. The molecule has 0 aliphatic carbocycles. The molecule has 0 radical (unpaired) electrons. The van der Waals surface area contributed by atoms with Gasteiger partial charge in [-0.25, -0.2) is 0 Å². The van der Waals surface area contributed by atoms with Gasteiger partial charge in [0.15, 0.2) is 0 Å². The highest BCUT2D eigenvalue weighted by Crippen LogP contribution is 2.21. The summed E-state index contributed by atoms with van der Waals surface area (Å²) in [6, 6.07) is 7.72. The number of cyclic esters (lactones) is 1. The Morgan fingerprint density at radius 1 is 1.47 bits per heavy atom. The van der Waals surface area contributed by atoms with Crippen LogP contribution in [0.15, 0.2) is 24.3 Å². The summed E-state index contributed by atoms with van der Waals surface area (Å²) < 4.78 is 4.94. The number of halogens is 1. The van der Waals surface area contributed by atoms with Crippen LogP contribution in [0.3, 0.4) is 0 Å². The molecule has 92 valence electrons. The molecule has 1 aromatic rings. The zero-order chi connectivity index (χ0) is 12.3. The molecule has 1 aliphatic heterocycles. The molecule has 2 rings (SSSR count). The van der Waals surface area contributed by atoms with E-state index in [9.17, 15) is 4.79 Å². The quantitative estimate of drug-likeness (QED) is 0.839. The Balaban J connectivity index is 2.05. The minimum atomic E-state index is -0.171. The van der Waals surface area contributed by atoms with E-state index in [1.807, 2.05) is 24.3 Å². The van der Waals surface area contributed by atoms with Gasteiger partial charge in [-0.2, -0.15) is 0 Å². The third-order valence-corrected chi connectivity index (χ3v) is 3.27. The first-order valence-corrected chi connectivity index (χ1v) is 6.26. The summed E-state index contributed by atoms with van der Waals surface area (Å²) in [4.78, 5) is 11.4. The lowest BCUT2D eigenvalue weighted by Gasteiger charge is -2.20. The third kappa shape index (κ3) is 2.99. The monoisotopic (exact) mass is 253 g/mol. The van der Waals surface area contributed by atoms with Gasteiger partial charge in [0.25, 0.3) is 0 Å². The number of esters is 1. The van der Waals surface area contributed by atoms with Gasteiger partial charge in [-0.1, -0.05) is 30.7 Å². The van der Waals surface area contributed by atoms with Crippen molar-refractivity contribution < 1.29 is 9.53 Å². The lowest BCUT2D eigenvalue weighted by molar-refractivity contribution is -0.139. The summed E-state index contributed by atoms with van der Waals surface area (Å²) in [5.74, 6) is -0.141. The van der Waals surface area contributed by atoms with E-state index < -0.39 is 0 Å². The van der Waals surface area contributed by atoms with Crippen LogP contribution in [0.1, 0.15) is 31.4 Å². The van der Waals surface area contributed by atoms with Gasteiger partial charge >= 0.3 is 5.97 Å². The van der Waals surface area contributed by atoms with E-state index in [0.717, 1.165) is 23.4 Å². The maximum atomic E-state index is 11.4. The third-order valence-electron chi connectivity index (χ3n) is 3.02. The smallest absolute Gasteiger partial charge is 0.323 e. The van der Waals surface area contributed by atoms with Crippen molar-refractivity contribution in [1.82, 2.24) is 5.32 Å². The van der Waals surface area contributed by atoms with Gasteiger partial charge in [-0.3, -0.25) is 10.1 Å². The largest absolute Gasteiger partial charge is 0.464 e. The van der Waals surface area contributed by atoms with Crippen LogP contribution in [-0.4, -0.2) is 18.6 Å². The number of carbonyl (C=O) groups is 1. The number of hydrogen-bond donors (Lipinski definition) is 1. The molecule has 0 spiro atoms. The van der Waals surface area contributed by atoms with Crippen molar-refractivity contribution in [3.63, 3.8) is 0 Å². The van der Waals surface area contributed by atoms with Crippen LogP contribution < -0.4 is 5.32 Å². The molecule has 0 bridgehead atoms. The molecule has 0 aromatic heterocycles. The summed E-state index contributed by atoms with van der Waals surface area (Å²) in [5, 5.41) is 4.06. The summed E-state index contributed by atoms with van der Waals surface area (Å²) in [5.41, 5.74) is 1.15. The number of benzene rings is 1. The number of hydrogen-bond acceptors (Lipinski definition) is 3. The topological polar surface area (TPSA) is 38.3 Å². The zero-order valence-corrected chi connectivity index (χ0v) is 10.5. The van der Waals surface area contributed by atoms with Crippen molar-refractivity contribution in [3.8, 4) is 0 Å². The molecular formula is C13H16ClNO2. The Kier molecular flexibility index (Phi) is 4.02. The molecule has 3 nitrogen and oxygen atoms in total. The van der Waals surface area contributed by atoms with E-state index in [1.54, 1.807) is 0 Å². The highest BCUT2D eigenvalue weighted by atomic mass is 35.5. The predicted octanol–water partition coefficient (Wildman–Crippen LogP) is 2.70. The molecule has 17 heavy (non-hydrogen) atoms. The Morgan fingerprint density at radius 3 is 2.71 bits per heavy atom. The molecule has 1 saturated heterocycles. The van der Waals surface area contributed by atoms with Crippen LogP contribution in [0.25, 0.3) is 0 Å². The van der Waals surface area contributed by atoms with E-state index in [1.165, 1.54) is 0 Å². The summed E-state index contributed by atoms with van der Waals surface area (Å²) in [6.45, 7) is 2.61. The Hall–Kier alpha value is -1.06. The molecule has 1 N–H and O–H groups in total. The standard InChI is InChI=1S/C13H16ClNO2/c1-2-11(9-3-5-10(14)6-4-9)15-12-7-8-17-13(12)16/h3-6,11-12,15H,2,7-8H2,1H3. The molecule has 2 atom stereocenters. The average molecular weight is 254 g/mol. The van der Waals surface area contributed by atoms with E-state index in [4.69, 9.17) is 16.3 Å². The van der Waals surface area contributed by atoms with Crippen molar-refractivity contribution in [2.75, 3.05) is 6.61 Å². The van der Waals surface area contributed by atoms with Crippen LogP contribution >= 0.6 is 11.6 Å². The summed E-state index contributed by atoms with van der Waals surface area (Å²) in [6.07, 6.45) is 1.67. The van der Waals surface area contributed by atoms with Crippen molar-refractivity contribution in [2.24, 2.45) is 0 Å². The maximum absolute atomic E-state index is 11.4. The molecule has 2 unspecified atom stereocenters. The minimum absolute atomic E-state index is 0.141. The van der Waals surface area contributed by atoms with Gasteiger partial charge in [-0.15, -0.1) is 0 Å². The van der Waals surface area contributed by atoms with Gasteiger partial charge in [0.1, 0.15) is 6.04 Å². The van der Waals surface area contributed by atoms with Gasteiger partial charge < -0.3 is 4.74 Å². The first-order chi connectivity index (χ1) is 8.20. The van der Waals surface area contributed by atoms with Gasteiger partial charge in [0, 0.05) is 17.5 Å². The fraction of sp³-hybridized carbons (Fsp3) is 0.462. The number of carbonyl (C=O) groups excluding carboxylic acids is 1. The second-order valence-corrected chi connectivity index (χ2v) is 4.62. The molecule has 0 amide bonds. The summed E-state index contributed by atoms with van der Waals surface area (Å²) >= 11 is 5.86. The van der Waals surface area contributed by atoms with Crippen LogP contribution in [-0.2, 0) is 9.53 Å². The SMILES string of the molecule is CCC(NC1CCOC1=O)c1ccc(Cl)cc1. The van der Waals surface area contributed by atoms with Crippen molar-refractivity contribution in [2.45, 2.75) is 31.8 Å². The second-order valence-electron chi connectivity index (χ2n) is 4.19. The van der Waals surface area contributed by atoms with Crippen LogP contribution in [0.5, 0.6) is 0 Å². The highest BCUT2D eigenvalue weighted by molar-refractivity contribution is 6.30. The Bertz CT molecular complexity index is 391. The van der Waals surface area contributed by atoms with E-state index in [2.05, 4.69) is 12.2 Å². The highest BCUT2D eigenvalue weighted by Gasteiger charge is 2.28. The summed E-state index contributed by atoms with van der Waals surface area (Å²) in [7, 11) is 0. The van der Waals surface area contributed by atoms with E-state index in [-0.39, 0.29) is 18.1 Å². The van der Waals surface area contributed by atoms with E-state index in [0.29, 0.717) is 6.61 Å². The lowest BCUT2D eigenvalue weighted by atomic mass is 10.0. The molecule has 1 heterocycles. The van der Waals surface area contributed by atoms with Gasteiger partial charge in [-0.05, 0) is 24.1 Å². The Labute approximate surface area is 106 Å². The van der Waals surface area contributed by atoms with Crippen LogP contribution in [0, 0.1) is 0 Å². The predicted molar refractivity (Wildman–Crippen MR) is 67.0 cm³/mol. The maximum Gasteiger partial charge on any atom is 0.323 e. The first-order valence-electron chi connectivity index (χ1n) is 5.89. The van der Waals surface area contributed by atoms with E-state index >= 15 is 0 Å². The van der Waals surface area contributed by atoms with Gasteiger partial charge in [0.05, 0.1) is 6.61 Å². The fourth-order valence-corrected chi connectivity index (χ4v) is 2.16. The van der Waals surface area contributed by atoms with Crippen LogP contribution in [0.4, 0.5) is 0 Å². The van der Waals surface area contributed by atoms with Crippen molar-refractivity contribution >= 4 is 17.6 Å². The molecule has 1 fully saturated rings.